The van der Waals surface area contributed by atoms with Crippen LogP contribution in [0.1, 0.15) is 32.1 Å². The average molecular weight is 292 g/mol. The summed E-state index contributed by atoms with van der Waals surface area (Å²) in [5.74, 6) is 0.102. The molecule has 2 aliphatic rings. The Bertz CT molecular complexity index is 466. The summed E-state index contributed by atoms with van der Waals surface area (Å²) >= 11 is 0. The fourth-order valence-corrected chi connectivity index (χ4v) is 3.61. The summed E-state index contributed by atoms with van der Waals surface area (Å²) in [7, 11) is 0. The highest BCUT2D eigenvalue weighted by Crippen LogP contribution is 2.48. The van der Waals surface area contributed by atoms with Crippen LogP contribution in [-0.2, 0) is 16.1 Å². The van der Waals surface area contributed by atoms with E-state index in [-0.39, 0.29) is 23.5 Å². The van der Waals surface area contributed by atoms with Crippen LogP contribution in [0.2, 0.25) is 0 Å². The zero-order valence-corrected chi connectivity index (χ0v) is 12.3. The fraction of sp³-hybridized carbons (Fsp3) is 0.688. The van der Waals surface area contributed by atoms with Gasteiger partial charge in [0.25, 0.3) is 0 Å². The number of aliphatic hydroxyl groups is 1. The zero-order chi connectivity index (χ0) is 14.7. The van der Waals surface area contributed by atoms with Crippen molar-refractivity contribution in [2.75, 3.05) is 13.2 Å². The standard InChI is InChI=1S/C16H24N2O3/c19-14-12-13(16(14)5-10-21-11-6-16)17-15(20)4-3-9-18-7-1-2-8-18/h1-2,7-8,13-14,19H,3-6,9-12H2,(H,17,20)/t13-,14-/m1/s1. The van der Waals surface area contributed by atoms with Gasteiger partial charge in [0.05, 0.1) is 6.10 Å². The van der Waals surface area contributed by atoms with Gasteiger partial charge in [-0.3, -0.25) is 4.79 Å². The third kappa shape index (κ3) is 2.99. The maximum absolute atomic E-state index is 12.1. The van der Waals surface area contributed by atoms with Gasteiger partial charge in [-0.2, -0.15) is 0 Å². The van der Waals surface area contributed by atoms with E-state index in [1.165, 1.54) is 0 Å². The number of ether oxygens (including phenoxy) is 1. The van der Waals surface area contributed by atoms with Crippen molar-refractivity contribution in [2.45, 2.75) is 50.8 Å². The molecule has 0 bridgehead atoms. The Labute approximate surface area is 125 Å². The molecule has 2 N–H and O–H groups in total. The molecule has 1 aliphatic heterocycles. The summed E-state index contributed by atoms with van der Waals surface area (Å²) in [6.07, 6.45) is 7.50. The van der Waals surface area contributed by atoms with Gasteiger partial charge in [0, 0.05) is 50.0 Å². The Kier molecular flexibility index (Phi) is 4.31. The molecule has 1 aliphatic carbocycles. The van der Waals surface area contributed by atoms with E-state index in [1.807, 2.05) is 24.5 Å². The highest BCUT2D eigenvalue weighted by molar-refractivity contribution is 5.76. The number of rotatable bonds is 5. The van der Waals surface area contributed by atoms with Crippen molar-refractivity contribution in [3.05, 3.63) is 24.5 Å². The van der Waals surface area contributed by atoms with Gasteiger partial charge in [-0.25, -0.2) is 0 Å². The van der Waals surface area contributed by atoms with Crippen molar-refractivity contribution in [1.82, 2.24) is 9.88 Å². The van der Waals surface area contributed by atoms with Crippen molar-refractivity contribution in [1.29, 1.82) is 0 Å². The SMILES string of the molecule is O=C(CCCn1cccc1)N[C@@H]1C[C@@H](O)C12CCOCC2. The molecule has 3 rings (SSSR count). The van der Waals surface area contributed by atoms with Crippen molar-refractivity contribution in [3.63, 3.8) is 0 Å². The molecule has 21 heavy (non-hydrogen) atoms. The van der Waals surface area contributed by atoms with Crippen LogP contribution < -0.4 is 5.32 Å². The highest BCUT2D eigenvalue weighted by atomic mass is 16.5. The van der Waals surface area contributed by atoms with Crippen LogP contribution in [0.15, 0.2) is 24.5 Å². The molecular weight excluding hydrogens is 268 g/mol. The molecule has 1 saturated carbocycles. The van der Waals surface area contributed by atoms with Crippen molar-refractivity contribution >= 4 is 5.91 Å². The van der Waals surface area contributed by atoms with Crippen molar-refractivity contribution in [2.24, 2.45) is 5.41 Å². The maximum Gasteiger partial charge on any atom is 0.220 e. The lowest BCUT2D eigenvalue weighted by atomic mass is 9.58. The molecule has 5 heteroatoms. The summed E-state index contributed by atoms with van der Waals surface area (Å²) in [5, 5.41) is 13.2. The Hall–Kier alpha value is -1.33. The molecule has 1 aromatic rings. The van der Waals surface area contributed by atoms with Gasteiger partial charge in [0.2, 0.25) is 5.91 Å². The van der Waals surface area contributed by atoms with E-state index in [0.717, 1.165) is 25.8 Å². The van der Waals surface area contributed by atoms with Crippen LogP contribution in [0, 0.1) is 5.41 Å². The predicted octanol–water partition coefficient (Wildman–Crippen LogP) is 1.31. The third-order valence-corrected chi connectivity index (χ3v) is 5.06. The summed E-state index contributed by atoms with van der Waals surface area (Å²) in [6, 6.07) is 4.10. The lowest BCUT2D eigenvalue weighted by Crippen LogP contribution is -2.65. The Balaban J connectivity index is 1.44. The summed E-state index contributed by atoms with van der Waals surface area (Å²) in [4.78, 5) is 12.1. The quantitative estimate of drug-likeness (QED) is 0.860. The number of aliphatic hydroxyl groups excluding tert-OH is 1. The number of amides is 1. The number of hydrogen-bond acceptors (Lipinski definition) is 3. The van der Waals surface area contributed by atoms with Crippen LogP contribution in [0.4, 0.5) is 0 Å². The number of nitrogens with zero attached hydrogens (tertiary/aromatic N) is 1. The molecule has 0 aromatic carbocycles. The maximum atomic E-state index is 12.1. The van der Waals surface area contributed by atoms with Crippen molar-refractivity contribution < 1.29 is 14.6 Å². The third-order valence-electron chi connectivity index (χ3n) is 5.06. The molecule has 2 heterocycles. The first-order valence-corrected chi connectivity index (χ1v) is 7.87. The minimum atomic E-state index is -0.286. The molecule has 1 saturated heterocycles. The number of carbonyl (C=O) groups is 1. The largest absolute Gasteiger partial charge is 0.392 e. The van der Waals surface area contributed by atoms with E-state index in [9.17, 15) is 9.90 Å². The number of nitrogens with one attached hydrogen (secondary N) is 1. The minimum absolute atomic E-state index is 0.102. The van der Waals surface area contributed by atoms with E-state index >= 15 is 0 Å². The molecule has 0 radical (unpaired) electrons. The van der Waals surface area contributed by atoms with Gasteiger partial charge in [-0.15, -0.1) is 0 Å². The van der Waals surface area contributed by atoms with E-state index < -0.39 is 0 Å². The van der Waals surface area contributed by atoms with E-state index in [2.05, 4.69) is 9.88 Å². The van der Waals surface area contributed by atoms with Gasteiger partial charge >= 0.3 is 0 Å². The van der Waals surface area contributed by atoms with Crippen LogP contribution in [0.3, 0.4) is 0 Å². The van der Waals surface area contributed by atoms with Gasteiger partial charge < -0.3 is 19.7 Å². The fourth-order valence-electron chi connectivity index (χ4n) is 3.61. The second kappa shape index (κ2) is 6.20. The molecule has 0 unspecified atom stereocenters. The highest BCUT2D eigenvalue weighted by Gasteiger charge is 2.55. The summed E-state index contributed by atoms with van der Waals surface area (Å²) < 4.78 is 7.47. The molecule has 2 atom stereocenters. The lowest BCUT2D eigenvalue weighted by molar-refractivity contribution is -0.156. The molecule has 1 amide bonds. The average Bonchev–Trinajstić information content (AvgIpc) is 3.01. The Morgan fingerprint density at radius 1 is 1.33 bits per heavy atom. The van der Waals surface area contributed by atoms with E-state index in [4.69, 9.17) is 4.74 Å². The van der Waals surface area contributed by atoms with Crippen LogP contribution in [0.25, 0.3) is 0 Å². The van der Waals surface area contributed by atoms with E-state index in [1.54, 1.807) is 0 Å². The predicted molar refractivity (Wildman–Crippen MR) is 78.7 cm³/mol. The number of carbonyl (C=O) groups excluding carboxylic acids is 1. The molecule has 1 aromatic heterocycles. The topological polar surface area (TPSA) is 63.5 Å². The van der Waals surface area contributed by atoms with Gasteiger partial charge in [0.15, 0.2) is 0 Å². The lowest BCUT2D eigenvalue weighted by Gasteiger charge is -2.55. The molecule has 1 spiro atoms. The summed E-state index contributed by atoms with van der Waals surface area (Å²) in [6.45, 7) is 2.25. The van der Waals surface area contributed by atoms with E-state index in [0.29, 0.717) is 26.1 Å². The smallest absolute Gasteiger partial charge is 0.220 e. The number of aromatic nitrogens is 1. The first-order chi connectivity index (χ1) is 10.2. The molecule has 5 nitrogen and oxygen atoms in total. The first kappa shape index (κ1) is 14.6. The molecule has 2 fully saturated rings. The normalized spacial score (nSPS) is 27.3. The number of aryl methyl sites for hydroxylation is 1. The van der Waals surface area contributed by atoms with Gasteiger partial charge in [0.1, 0.15) is 0 Å². The number of hydrogen-bond donors (Lipinski definition) is 2. The Morgan fingerprint density at radius 2 is 2.05 bits per heavy atom. The van der Waals surface area contributed by atoms with Gasteiger partial charge in [-0.1, -0.05) is 0 Å². The Morgan fingerprint density at radius 3 is 2.71 bits per heavy atom. The molecular formula is C16H24N2O3. The minimum Gasteiger partial charge on any atom is -0.392 e. The first-order valence-electron chi connectivity index (χ1n) is 7.87. The zero-order valence-electron chi connectivity index (χ0n) is 12.3. The van der Waals surface area contributed by atoms with Crippen LogP contribution in [-0.4, -0.2) is 40.9 Å². The molecule has 116 valence electrons. The monoisotopic (exact) mass is 292 g/mol. The second-order valence-electron chi connectivity index (χ2n) is 6.24. The van der Waals surface area contributed by atoms with Gasteiger partial charge in [-0.05, 0) is 37.8 Å². The second-order valence-corrected chi connectivity index (χ2v) is 6.24. The van der Waals surface area contributed by atoms with Crippen LogP contribution >= 0.6 is 0 Å². The van der Waals surface area contributed by atoms with Crippen LogP contribution in [0.5, 0.6) is 0 Å². The van der Waals surface area contributed by atoms with Crippen molar-refractivity contribution in [3.8, 4) is 0 Å². The summed E-state index contributed by atoms with van der Waals surface area (Å²) in [5.41, 5.74) is -0.131.